The molecular weight excluding hydrogens is 396 g/mol. The molecule has 1 aliphatic rings. The number of para-hydroxylation sites is 2. The molecule has 0 spiro atoms. The molecule has 9 heteroatoms. The van der Waals surface area contributed by atoms with Gasteiger partial charge in [-0.15, -0.1) is 0 Å². The monoisotopic (exact) mass is 420 g/mol. The highest BCUT2D eigenvalue weighted by atomic mass is 32.2. The van der Waals surface area contributed by atoms with E-state index in [9.17, 15) is 13.2 Å². The van der Waals surface area contributed by atoms with Gasteiger partial charge in [-0.2, -0.15) is 0 Å². The van der Waals surface area contributed by atoms with E-state index in [1.165, 1.54) is 14.0 Å². The van der Waals surface area contributed by atoms with Gasteiger partial charge in [-0.3, -0.25) is 9.10 Å². The van der Waals surface area contributed by atoms with E-state index >= 15 is 0 Å². The highest BCUT2D eigenvalue weighted by Gasteiger charge is 2.30. The fourth-order valence-corrected chi connectivity index (χ4v) is 4.24. The van der Waals surface area contributed by atoms with Crippen molar-refractivity contribution in [3.05, 3.63) is 48.5 Å². The molecule has 2 atom stereocenters. The van der Waals surface area contributed by atoms with Crippen molar-refractivity contribution in [2.75, 3.05) is 30.8 Å². The smallest absolute Gasteiger partial charge is 0.243 e. The third kappa shape index (κ3) is 4.92. The fraction of sp³-hybridized carbons (Fsp3) is 0.350. The Bertz CT molecular complexity index is 961. The van der Waals surface area contributed by atoms with Crippen LogP contribution in [0.3, 0.4) is 0 Å². The lowest BCUT2D eigenvalue weighted by Crippen LogP contribution is -2.50. The zero-order valence-electron chi connectivity index (χ0n) is 16.5. The number of nitrogens with one attached hydrogen (secondary N) is 1. The molecule has 0 aromatic heterocycles. The Kier molecular flexibility index (Phi) is 6.17. The third-order valence-electron chi connectivity index (χ3n) is 4.49. The molecule has 2 aromatic rings. The topological polar surface area (TPSA) is 94.2 Å². The molecular formula is C20H24N2O6S. The van der Waals surface area contributed by atoms with Gasteiger partial charge in [0.2, 0.25) is 15.9 Å². The molecule has 0 unspecified atom stereocenters. The van der Waals surface area contributed by atoms with Crippen molar-refractivity contribution in [3.8, 4) is 17.2 Å². The first-order chi connectivity index (χ1) is 13.8. The molecule has 1 aliphatic heterocycles. The Morgan fingerprint density at radius 2 is 1.86 bits per heavy atom. The van der Waals surface area contributed by atoms with Crippen LogP contribution in [-0.4, -0.2) is 53.0 Å². The average molecular weight is 420 g/mol. The van der Waals surface area contributed by atoms with E-state index in [0.717, 1.165) is 10.6 Å². The van der Waals surface area contributed by atoms with E-state index in [1.54, 1.807) is 30.3 Å². The van der Waals surface area contributed by atoms with Crippen LogP contribution in [0.1, 0.15) is 6.92 Å². The van der Waals surface area contributed by atoms with E-state index in [1.807, 2.05) is 18.2 Å². The molecule has 0 radical (unpaired) electrons. The second-order valence-corrected chi connectivity index (χ2v) is 8.53. The van der Waals surface area contributed by atoms with Gasteiger partial charge in [-0.05, 0) is 43.3 Å². The van der Waals surface area contributed by atoms with Crippen molar-refractivity contribution in [1.29, 1.82) is 0 Å². The normalized spacial score (nSPS) is 16.6. The van der Waals surface area contributed by atoms with E-state index < -0.39 is 22.0 Å². The van der Waals surface area contributed by atoms with Crippen LogP contribution in [0.4, 0.5) is 5.69 Å². The number of benzene rings is 2. The summed E-state index contributed by atoms with van der Waals surface area (Å²) in [6, 6.07) is 12.8. The van der Waals surface area contributed by atoms with Gasteiger partial charge in [0.05, 0.1) is 25.6 Å². The van der Waals surface area contributed by atoms with Gasteiger partial charge in [0, 0.05) is 0 Å². The maximum Gasteiger partial charge on any atom is 0.243 e. The molecule has 1 amide bonds. The number of sulfonamides is 1. The van der Waals surface area contributed by atoms with E-state index in [0.29, 0.717) is 29.5 Å². The summed E-state index contributed by atoms with van der Waals surface area (Å²) in [5.41, 5.74) is 0.377. The van der Waals surface area contributed by atoms with Gasteiger partial charge in [-0.1, -0.05) is 12.1 Å². The fourth-order valence-electron chi connectivity index (χ4n) is 3.06. The Hall–Kier alpha value is -2.94. The van der Waals surface area contributed by atoms with E-state index in [2.05, 4.69) is 5.32 Å². The average Bonchev–Trinajstić information content (AvgIpc) is 2.71. The number of fused-ring (bicyclic) bond motifs is 1. The number of anilines is 1. The second kappa shape index (κ2) is 8.60. The number of rotatable bonds is 7. The number of carbonyl (C=O) groups excluding carboxylic acids is 1. The van der Waals surface area contributed by atoms with E-state index in [-0.39, 0.29) is 12.6 Å². The van der Waals surface area contributed by atoms with Gasteiger partial charge in [0.25, 0.3) is 0 Å². The number of hydrogen-bond acceptors (Lipinski definition) is 6. The summed E-state index contributed by atoms with van der Waals surface area (Å²) in [7, 11) is -2.17. The summed E-state index contributed by atoms with van der Waals surface area (Å²) >= 11 is 0. The lowest BCUT2D eigenvalue weighted by molar-refractivity contribution is -0.122. The molecule has 8 nitrogen and oxygen atoms in total. The van der Waals surface area contributed by atoms with Gasteiger partial charge < -0.3 is 19.5 Å². The quantitative estimate of drug-likeness (QED) is 0.734. The lowest BCUT2D eigenvalue weighted by Gasteiger charge is -2.30. The van der Waals surface area contributed by atoms with Crippen LogP contribution in [0.2, 0.25) is 0 Å². The molecule has 0 saturated carbocycles. The molecule has 0 saturated heterocycles. The standard InChI is InChI=1S/C20H24N2O6S/c1-14(22(29(3,24)25)15-8-10-16(26-2)11-9-15)20(23)21-12-17-13-27-18-6-4-5-7-19(18)28-17/h4-11,14,17H,12-13H2,1-3H3,(H,21,23)/t14-,17-/m0/s1. The van der Waals surface area contributed by atoms with Crippen LogP contribution >= 0.6 is 0 Å². The van der Waals surface area contributed by atoms with Crippen LogP contribution in [0, 0.1) is 0 Å². The zero-order valence-corrected chi connectivity index (χ0v) is 17.3. The predicted octanol–water partition coefficient (Wildman–Crippen LogP) is 1.81. The van der Waals surface area contributed by atoms with Crippen LogP contribution in [0.15, 0.2) is 48.5 Å². The minimum absolute atomic E-state index is 0.192. The van der Waals surface area contributed by atoms with Gasteiger partial charge >= 0.3 is 0 Å². The maximum absolute atomic E-state index is 12.7. The predicted molar refractivity (Wildman–Crippen MR) is 109 cm³/mol. The summed E-state index contributed by atoms with van der Waals surface area (Å²) in [4.78, 5) is 12.7. The van der Waals surface area contributed by atoms with Crippen molar-refractivity contribution >= 4 is 21.6 Å². The highest BCUT2D eigenvalue weighted by Crippen LogP contribution is 2.30. The first-order valence-corrected chi connectivity index (χ1v) is 10.9. The Balaban J connectivity index is 1.66. The van der Waals surface area contributed by atoms with Gasteiger partial charge in [-0.25, -0.2) is 8.42 Å². The molecule has 29 heavy (non-hydrogen) atoms. The number of nitrogens with zero attached hydrogens (tertiary/aromatic N) is 1. The van der Waals surface area contributed by atoms with Crippen molar-refractivity contribution in [3.63, 3.8) is 0 Å². The number of hydrogen-bond donors (Lipinski definition) is 1. The number of methoxy groups -OCH3 is 1. The summed E-state index contributed by atoms with van der Waals surface area (Å²) in [5.74, 6) is 1.43. The largest absolute Gasteiger partial charge is 0.497 e. The third-order valence-corrected chi connectivity index (χ3v) is 5.73. The first kappa shape index (κ1) is 20.8. The Morgan fingerprint density at radius 1 is 1.21 bits per heavy atom. The van der Waals surface area contributed by atoms with Crippen LogP contribution < -0.4 is 23.8 Å². The van der Waals surface area contributed by atoms with E-state index in [4.69, 9.17) is 14.2 Å². The lowest BCUT2D eigenvalue weighted by atomic mass is 10.2. The van der Waals surface area contributed by atoms with Crippen LogP contribution in [0.5, 0.6) is 17.2 Å². The SMILES string of the molecule is COc1ccc(N([C@@H](C)C(=O)NC[C@H]2COc3ccccc3O2)S(C)(=O)=O)cc1. The molecule has 1 N–H and O–H groups in total. The molecule has 3 rings (SSSR count). The first-order valence-electron chi connectivity index (χ1n) is 9.09. The summed E-state index contributed by atoms with van der Waals surface area (Å²) in [5, 5.41) is 2.75. The minimum Gasteiger partial charge on any atom is -0.497 e. The highest BCUT2D eigenvalue weighted by molar-refractivity contribution is 7.92. The molecule has 0 fully saturated rings. The summed E-state index contributed by atoms with van der Waals surface area (Å²) in [6.45, 7) is 2.02. The van der Waals surface area contributed by atoms with Crippen molar-refractivity contribution in [2.24, 2.45) is 0 Å². The number of carbonyl (C=O) groups is 1. The Morgan fingerprint density at radius 3 is 2.48 bits per heavy atom. The Labute approximate surface area is 170 Å². The summed E-state index contributed by atoms with van der Waals surface area (Å²) < 4.78 is 42.3. The van der Waals surface area contributed by atoms with Gasteiger partial charge in [0.1, 0.15) is 24.5 Å². The second-order valence-electron chi connectivity index (χ2n) is 6.68. The molecule has 156 valence electrons. The summed E-state index contributed by atoms with van der Waals surface area (Å²) in [6.07, 6.45) is 0.699. The zero-order chi connectivity index (χ0) is 21.0. The number of amides is 1. The van der Waals surface area contributed by atoms with Gasteiger partial charge in [0.15, 0.2) is 11.5 Å². The minimum atomic E-state index is -3.69. The molecule has 0 aliphatic carbocycles. The van der Waals surface area contributed by atoms with Crippen LogP contribution in [-0.2, 0) is 14.8 Å². The van der Waals surface area contributed by atoms with Crippen molar-refractivity contribution < 1.29 is 27.4 Å². The molecule has 0 bridgehead atoms. The van der Waals surface area contributed by atoms with Crippen LogP contribution in [0.25, 0.3) is 0 Å². The maximum atomic E-state index is 12.7. The van der Waals surface area contributed by atoms with Crippen molar-refractivity contribution in [2.45, 2.75) is 19.1 Å². The molecule has 1 heterocycles. The number of ether oxygens (including phenoxy) is 3. The van der Waals surface area contributed by atoms with Crippen molar-refractivity contribution in [1.82, 2.24) is 5.32 Å². The molecule has 2 aromatic carbocycles.